The number of nitrogens with zero attached hydrogens (tertiary/aromatic N) is 1. The van der Waals surface area contributed by atoms with Crippen molar-refractivity contribution in [3.05, 3.63) is 30.1 Å². The zero-order valence-electron chi connectivity index (χ0n) is 10.1. The van der Waals surface area contributed by atoms with Crippen LogP contribution in [0, 0.1) is 0 Å². The molecule has 96 valence electrons. The lowest BCUT2D eigenvalue weighted by molar-refractivity contribution is 0.547. The van der Waals surface area contributed by atoms with Gasteiger partial charge in [-0.3, -0.25) is 4.98 Å². The Kier molecular flexibility index (Phi) is 5.04. The standard InChI is InChI=1S/C11H19N3O2S/c1-3-11(7-12)17(15,16)14-9(2)10-5-4-6-13-8-10/h4-6,8-9,11,14H,3,7,12H2,1-2H3. The van der Waals surface area contributed by atoms with E-state index < -0.39 is 15.3 Å². The Morgan fingerprint density at radius 3 is 2.71 bits per heavy atom. The summed E-state index contributed by atoms with van der Waals surface area (Å²) < 4.78 is 26.6. The van der Waals surface area contributed by atoms with E-state index >= 15 is 0 Å². The molecule has 1 aromatic rings. The van der Waals surface area contributed by atoms with Gasteiger partial charge in [0.1, 0.15) is 0 Å². The van der Waals surface area contributed by atoms with Gasteiger partial charge in [0.2, 0.25) is 10.0 Å². The molecule has 17 heavy (non-hydrogen) atoms. The summed E-state index contributed by atoms with van der Waals surface area (Å²) in [6.07, 6.45) is 3.81. The van der Waals surface area contributed by atoms with E-state index in [2.05, 4.69) is 9.71 Å². The minimum atomic E-state index is -3.37. The van der Waals surface area contributed by atoms with Crippen LogP contribution in [-0.4, -0.2) is 25.2 Å². The molecule has 0 spiro atoms. The van der Waals surface area contributed by atoms with Gasteiger partial charge in [-0.25, -0.2) is 13.1 Å². The van der Waals surface area contributed by atoms with Gasteiger partial charge in [-0.1, -0.05) is 13.0 Å². The summed E-state index contributed by atoms with van der Waals surface area (Å²) in [5.74, 6) is 0. The third-order valence-electron chi connectivity index (χ3n) is 2.68. The van der Waals surface area contributed by atoms with E-state index in [0.29, 0.717) is 6.42 Å². The van der Waals surface area contributed by atoms with Crippen LogP contribution in [0.4, 0.5) is 0 Å². The monoisotopic (exact) mass is 257 g/mol. The Bertz CT molecular complexity index is 429. The molecule has 0 aliphatic carbocycles. The first-order valence-electron chi connectivity index (χ1n) is 5.62. The lowest BCUT2D eigenvalue weighted by Crippen LogP contribution is -2.39. The van der Waals surface area contributed by atoms with Gasteiger partial charge in [0, 0.05) is 25.0 Å². The maximum absolute atomic E-state index is 12.0. The van der Waals surface area contributed by atoms with Crippen LogP contribution in [0.25, 0.3) is 0 Å². The van der Waals surface area contributed by atoms with E-state index in [1.165, 1.54) is 0 Å². The van der Waals surface area contributed by atoms with Crippen molar-refractivity contribution in [2.75, 3.05) is 6.54 Å². The number of pyridine rings is 1. The number of rotatable bonds is 6. The van der Waals surface area contributed by atoms with E-state index in [4.69, 9.17) is 5.73 Å². The SMILES string of the molecule is CCC(CN)S(=O)(=O)NC(C)c1cccnc1. The fourth-order valence-electron chi connectivity index (χ4n) is 1.56. The zero-order chi connectivity index (χ0) is 12.9. The first-order chi connectivity index (χ1) is 8.01. The van der Waals surface area contributed by atoms with Gasteiger partial charge in [-0.15, -0.1) is 0 Å². The summed E-state index contributed by atoms with van der Waals surface area (Å²) in [6.45, 7) is 3.73. The molecule has 2 atom stereocenters. The molecule has 0 fully saturated rings. The minimum absolute atomic E-state index is 0.131. The third kappa shape index (κ3) is 3.76. The first-order valence-corrected chi connectivity index (χ1v) is 7.17. The Morgan fingerprint density at radius 1 is 1.53 bits per heavy atom. The summed E-state index contributed by atoms with van der Waals surface area (Å²) in [4.78, 5) is 3.96. The number of nitrogens with one attached hydrogen (secondary N) is 1. The number of nitrogens with two attached hydrogens (primary N) is 1. The molecule has 0 aliphatic rings. The van der Waals surface area contributed by atoms with Crippen LogP contribution in [0.15, 0.2) is 24.5 Å². The van der Waals surface area contributed by atoms with Crippen LogP contribution in [0.3, 0.4) is 0 Å². The van der Waals surface area contributed by atoms with Gasteiger partial charge in [-0.05, 0) is 25.0 Å². The normalized spacial score (nSPS) is 15.5. The second-order valence-corrected chi connectivity index (χ2v) is 5.93. The summed E-state index contributed by atoms with van der Waals surface area (Å²) in [6, 6.07) is 3.32. The lowest BCUT2D eigenvalue weighted by Gasteiger charge is -2.19. The molecule has 5 nitrogen and oxygen atoms in total. The smallest absolute Gasteiger partial charge is 0.216 e. The van der Waals surface area contributed by atoms with E-state index in [1.807, 2.05) is 13.0 Å². The largest absolute Gasteiger partial charge is 0.329 e. The average molecular weight is 257 g/mol. The molecule has 0 bridgehead atoms. The fraction of sp³-hybridized carbons (Fsp3) is 0.545. The molecule has 1 heterocycles. The quantitative estimate of drug-likeness (QED) is 0.789. The topological polar surface area (TPSA) is 85.1 Å². The Morgan fingerprint density at radius 2 is 2.24 bits per heavy atom. The molecule has 6 heteroatoms. The molecule has 0 aromatic carbocycles. The molecule has 2 unspecified atom stereocenters. The van der Waals surface area contributed by atoms with Crippen LogP contribution in [0.5, 0.6) is 0 Å². The highest BCUT2D eigenvalue weighted by Gasteiger charge is 2.24. The predicted molar refractivity (Wildman–Crippen MR) is 67.8 cm³/mol. The molecule has 1 rings (SSSR count). The highest BCUT2D eigenvalue weighted by atomic mass is 32.2. The molecule has 3 N–H and O–H groups in total. The molecule has 0 radical (unpaired) electrons. The summed E-state index contributed by atoms with van der Waals surface area (Å²) in [5, 5.41) is -0.540. The fourth-order valence-corrected chi connectivity index (χ4v) is 3.07. The van der Waals surface area contributed by atoms with Crippen LogP contribution >= 0.6 is 0 Å². The van der Waals surface area contributed by atoms with E-state index in [-0.39, 0.29) is 12.6 Å². The maximum atomic E-state index is 12.0. The van der Waals surface area contributed by atoms with Gasteiger partial charge in [0.15, 0.2) is 0 Å². The Labute approximate surface area is 102 Å². The molecule has 0 saturated carbocycles. The number of sulfonamides is 1. The van der Waals surface area contributed by atoms with Crippen molar-refractivity contribution < 1.29 is 8.42 Å². The van der Waals surface area contributed by atoms with Gasteiger partial charge in [0.05, 0.1) is 5.25 Å². The van der Waals surface area contributed by atoms with Crippen molar-refractivity contribution in [1.82, 2.24) is 9.71 Å². The van der Waals surface area contributed by atoms with Crippen LogP contribution in [0.2, 0.25) is 0 Å². The highest BCUT2D eigenvalue weighted by Crippen LogP contribution is 2.13. The third-order valence-corrected chi connectivity index (χ3v) is 4.77. The number of aromatic nitrogens is 1. The second-order valence-electron chi connectivity index (χ2n) is 3.94. The Hall–Kier alpha value is -0.980. The van der Waals surface area contributed by atoms with Gasteiger partial charge >= 0.3 is 0 Å². The van der Waals surface area contributed by atoms with Crippen molar-refractivity contribution in [3.8, 4) is 0 Å². The van der Waals surface area contributed by atoms with Crippen molar-refractivity contribution in [3.63, 3.8) is 0 Å². The molecule has 0 saturated heterocycles. The number of hydrogen-bond donors (Lipinski definition) is 2. The number of hydrogen-bond acceptors (Lipinski definition) is 4. The van der Waals surface area contributed by atoms with Crippen LogP contribution in [-0.2, 0) is 10.0 Å². The predicted octanol–water partition coefficient (Wildman–Crippen LogP) is 0.799. The van der Waals surface area contributed by atoms with Gasteiger partial charge in [0.25, 0.3) is 0 Å². The molecule has 0 amide bonds. The van der Waals surface area contributed by atoms with Crippen LogP contribution < -0.4 is 10.5 Å². The molecular formula is C11H19N3O2S. The zero-order valence-corrected chi connectivity index (χ0v) is 10.9. The van der Waals surface area contributed by atoms with Crippen molar-refractivity contribution in [2.24, 2.45) is 5.73 Å². The summed E-state index contributed by atoms with van der Waals surface area (Å²) in [7, 11) is -3.37. The molecule has 0 aliphatic heterocycles. The summed E-state index contributed by atoms with van der Waals surface area (Å²) >= 11 is 0. The minimum Gasteiger partial charge on any atom is -0.329 e. The molecular weight excluding hydrogens is 238 g/mol. The van der Waals surface area contributed by atoms with Gasteiger partial charge in [-0.2, -0.15) is 0 Å². The molecule has 1 aromatic heterocycles. The highest BCUT2D eigenvalue weighted by molar-refractivity contribution is 7.90. The van der Waals surface area contributed by atoms with E-state index in [0.717, 1.165) is 5.56 Å². The average Bonchev–Trinajstić information content (AvgIpc) is 2.30. The van der Waals surface area contributed by atoms with Crippen molar-refractivity contribution in [2.45, 2.75) is 31.6 Å². The summed E-state index contributed by atoms with van der Waals surface area (Å²) in [5.41, 5.74) is 6.29. The van der Waals surface area contributed by atoms with Gasteiger partial charge < -0.3 is 5.73 Å². The van der Waals surface area contributed by atoms with E-state index in [9.17, 15) is 8.42 Å². The maximum Gasteiger partial charge on any atom is 0.216 e. The van der Waals surface area contributed by atoms with Crippen molar-refractivity contribution in [1.29, 1.82) is 0 Å². The van der Waals surface area contributed by atoms with E-state index in [1.54, 1.807) is 25.4 Å². The Balaban J connectivity index is 2.78. The lowest BCUT2D eigenvalue weighted by atomic mass is 10.2. The van der Waals surface area contributed by atoms with Crippen molar-refractivity contribution >= 4 is 10.0 Å². The first kappa shape index (κ1) is 14.1. The van der Waals surface area contributed by atoms with Crippen LogP contribution in [0.1, 0.15) is 31.9 Å². The second kappa shape index (κ2) is 6.09.